The van der Waals surface area contributed by atoms with Crippen molar-refractivity contribution >= 4 is 23.4 Å². The predicted octanol–water partition coefficient (Wildman–Crippen LogP) is 3.79. The molecular formula is C23H27ClN2O2. The zero-order valence-corrected chi connectivity index (χ0v) is 17.0. The number of carbonyl (C=O) groups excluding carboxylic acids is 2. The van der Waals surface area contributed by atoms with E-state index in [1.807, 2.05) is 60.4 Å². The summed E-state index contributed by atoms with van der Waals surface area (Å²) in [7, 11) is 0. The van der Waals surface area contributed by atoms with Crippen molar-refractivity contribution < 1.29 is 9.59 Å². The summed E-state index contributed by atoms with van der Waals surface area (Å²) < 4.78 is 0. The second-order valence-corrected chi connectivity index (χ2v) is 7.92. The molecule has 148 valence electrons. The van der Waals surface area contributed by atoms with Gasteiger partial charge in [0, 0.05) is 30.6 Å². The highest BCUT2D eigenvalue weighted by Crippen LogP contribution is 2.18. The minimum Gasteiger partial charge on any atom is -0.356 e. The molecule has 5 heteroatoms. The first-order chi connectivity index (χ1) is 13.5. The second kappa shape index (κ2) is 9.74. The van der Waals surface area contributed by atoms with E-state index in [1.54, 1.807) is 0 Å². The number of nitrogens with zero attached hydrogens (tertiary/aromatic N) is 1. The number of likely N-dealkylation sites (tertiary alicyclic amines) is 1. The fraction of sp³-hybridized carbons (Fsp3) is 0.391. The van der Waals surface area contributed by atoms with Crippen molar-refractivity contribution in [1.29, 1.82) is 0 Å². The highest BCUT2D eigenvalue weighted by Gasteiger charge is 2.27. The van der Waals surface area contributed by atoms with Gasteiger partial charge in [0.05, 0.1) is 6.42 Å². The highest BCUT2D eigenvalue weighted by atomic mass is 35.5. The Morgan fingerprint density at radius 2 is 1.61 bits per heavy atom. The molecule has 1 heterocycles. The van der Waals surface area contributed by atoms with Gasteiger partial charge in [0.15, 0.2) is 0 Å². The second-order valence-electron chi connectivity index (χ2n) is 7.48. The molecule has 2 aromatic rings. The van der Waals surface area contributed by atoms with Crippen LogP contribution in [0.25, 0.3) is 0 Å². The molecule has 1 fully saturated rings. The summed E-state index contributed by atoms with van der Waals surface area (Å²) in [5, 5.41) is 3.75. The monoisotopic (exact) mass is 398 g/mol. The maximum absolute atomic E-state index is 12.5. The fourth-order valence-electron chi connectivity index (χ4n) is 3.51. The average molecular weight is 399 g/mol. The van der Waals surface area contributed by atoms with Gasteiger partial charge in [-0.1, -0.05) is 53.6 Å². The first-order valence-corrected chi connectivity index (χ1v) is 10.2. The first-order valence-electron chi connectivity index (χ1n) is 9.87. The largest absolute Gasteiger partial charge is 0.356 e. The number of nitrogens with one attached hydrogen (secondary N) is 1. The molecule has 0 aromatic heterocycles. The van der Waals surface area contributed by atoms with Gasteiger partial charge in [0.25, 0.3) is 0 Å². The van der Waals surface area contributed by atoms with Crippen molar-refractivity contribution in [1.82, 2.24) is 10.2 Å². The Bertz CT molecular complexity index is 794. The molecule has 28 heavy (non-hydrogen) atoms. The van der Waals surface area contributed by atoms with Gasteiger partial charge in [-0.05, 0) is 49.4 Å². The van der Waals surface area contributed by atoms with E-state index in [4.69, 9.17) is 11.6 Å². The van der Waals surface area contributed by atoms with Crippen LogP contribution in [0.2, 0.25) is 5.02 Å². The van der Waals surface area contributed by atoms with Gasteiger partial charge in [-0.15, -0.1) is 0 Å². The molecule has 2 amide bonds. The number of amides is 2. The van der Waals surface area contributed by atoms with Crippen LogP contribution < -0.4 is 5.32 Å². The molecule has 0 atom stereocenters. The van der Waals surface area contributed by atoms with Crippen molar-refractivity contribution in [2.75, 3.05) is 19.6 Å². The van der Waals surface area contributed by atoms with Crippen molar-refractivity contribution in [3.05, 3.63) is 70.2 Å². The first kappa shape index (κ1) is 20.4. The molecule has 1 aliphatic rings. The van der Waals surface area contributed by atoms with Gasteiger partial charge < -0.3 is 10.2 Å². The molecule has 1 saturated heterocycles. The summed E-state index contributed by atoms with van der Waals surface area (Å²) in [6, 6.07) is 15.8. The molecule has 2 aromatic carbocycles. The Labute approximate surface area is 171 Å². The van der Waals surface area contributed by atoms with Gasteiger partial charge in [-0.2, -0.15) is 0 Å². The Balaban J connectivity index is 1.39. The number of aryl methyl sites for hydroxylation is 1. The number of piperidine rings is 1. The standard InChI is InChI=1S/C23H27ClN2O2/c1-17-2-4-19(5-3-17)16-22(27)26-14-11-20(12-15-26)23(28)25-13-10-18-6-8-21(24)9-7-18/h2-9,20H,10-16H2,1H3,(H,25,28). The van der Waals surface area contributed by atoms with Crippen LogP contribution in [0, 0.1) is 12.8 Å². The molecule has 0 unspecified atom stereocenters. The minimum atomic E-state index is -0.00589. The normalized spacial score (nSPS) is 14.7. The molecule has 1 aliphatic heterocycles. The lowest BCUT2D eigenvalue weighted by Crippen LogP contribution is -2.43. The van der Waals surface area contributed by atoms with E-state index in [9.17, 15) is 9.59 Å². The third-order valence-electron chi connectivity index (χ3n) is 5.32. The lowest BCUT2D eigenvalue weighted by atomic mass is 9.95. The third-order valence-corrected chi connectivity index (χ3v) is 5.57. The molecule has 0 aliphatic carbocycles. The smallest absolute Gasteiger partial charge is 0.226 e. The minimum absolute atomic E-state index is 0.00589. The van der Waals surface area contributed by atoms with Gasteiger partial charge >= 0.3 is 0 Å². The van der Waals surface area contributed by atoms with E-state index in [0.29, 0.717) is 26.1 Å². The number of rotatable bonds is 6. The summed E-state index contributed by atoms with van der Waals surface area (Å²) in [5.41, 5.74) is 3.39. The SMILES string of the molecule is Cc1ccc(CC(=O)N2CCC(C(=O)NCCc3ccc(Cl)cc3)CC2)cc1. The van der Waals surface area contributed by atoms with Crippen LogP contribution in [0.1, 0.15) is 29.5 Å². The lowest BCUT2D eigenvalue weighted by molar-refractivity contribution is -0.135. The average Bonchev–Trinajstić information content (AvgIpc) is 2.71. The van der Waals surface area contributed by atoms with Crippen LogP contribution in [0.4, 0.5) is 0 Å². The van der Waals surface area contributed by atoms with Crippen LogP contribution in [0.15, 0.2) is 48.5 Å². The number of hydrogen-bond donors (Lipinski definition) is 1. The van der Waals surface area contributed by atoms with E-state index in [-0.39, 0.29) is 17.7 Å². The van der Waals surface area contributed by atoms with E-state index in [0.717, 1.165) is 35.4 Å². The number of halogens is 1. The Kier molecular flexibility index (Phi) is 7.10. The summed E-state index contributed by atoms with van der Waals surface area (Å²) in [5.74, 6) is 0.235. The van der Waals surface area contributed by atoms with Crippen molar-refractivity contribution in [3.63, 3.8) is 0 Å². The molecular weight excluding hydrogens is 372 g/mol. The Morgan fingerprint density at radius 1 is 1.00 bits per heavy atom. The fourth-order valence-corrected chi connectivity index (χ4v) is 3.63. The predicted molar refractivity (Wildman–Crippen MR) is 112 cm³/mol. The van der Waals surface area contributed by atoms with Crippen LogP contribution in [0.3, 0.4) is 0 Å². The molecule has 0 spiro atoms. The zero-order chi connectivity index (χ0) is 19.9. The topological polar surface area (TPSA) is 49.4 Å². The maximum atomic E-state index is 12.5. The maximum Gasteiger partial charge on any atom is 0.226 e. The van der Waals surface area contributed by atoms with Crippen molar-refractivity contribution in [3.8, 4) is 0 Å². The molecule has 0 bridgehead atoms. The Morgan fingerprint density at radius 3 is 2.25 bits per heavy atom. The summed E-state index contributed by atoms with van der Waals surface area (Å²) in [6.45, 7) is 3.96. The van der Waals surface area contributed by atoms with Gasteiger partial charge in [-0.3, -0.25) is 9.59 Å². The van der Waals surface area contributed by atoms with Crippen LogP contribution in [0.5, 0.6) is 0 Å². The van der Waals surface area contributed by atoms with Crippen LogP contribution >= 0.6 is 11.6 Å². The third kappa shape index (κ3) is 5.83. The van der Waals surface area contributed by atoms with E-state index >= 15 is 0 Å². The molecule has 1 N–H and O–H groups in total. The number of benzene rings is 2. The van der Waals surface area contributed by atoms with E-state index in [2.05, 4.69) is 5.32 Å². The van der Waals surface area contributed by atoms with Gasteiger partial charge in [-0.25, -0.2) is 0 Å². The van der Waals surface area contributed by atoms with Crippen LogP contribution in [-0.4, -0.2) is 36.3 Å². The molecule has 0 radical (unpaired) electrons. The van der Waals surface area contributed by atoms with Crippen molar-refractivity contribution in [2.24, 2.45) is 5.92 Å². The number of hydrogen-bond acceptors (Lipinski definition) is 2. The van der Waals surface area contributed by atoms with Crippen LogP contribution in [-0.2, 0) is 22.4 Å². The zero-order valence-electron chi connectivity index (χ0n) is 16.3. The summed E-state index contributed by atoms with van der Waals surface area (Å²) in [6.07, 6.45) is 2.67. The Hall–Kier alpha value is -2.33. The van der Waals surface area contributed by atoms with Gasteiger partial charge in [0.2, 0.25) is 11.8 Å². The van der Waals surface area contributed by atoms with E-state index < -0.39 is 0 Å². The molecule has 3 rings (SSSR count). The lowest BCUT2D eigenvalue weighted by Gasteiger charge is -2.31. The van der Waals surface area contributed by atoms with Gasteiger partial charge in [0.1, 0.15) is 0 Å². The summed E-state index contributed by atoms with van der Waals surface area (Å²) in [4.78, 5) is 26.8. The van der Waals surface area contributed by atoms with E-state index in [1.165, 1.54) is 5.56 Å². The highest BCUT2D eigenvalue weighted by molar-refractivity contribution is 6.30. The molecule has 0 saturated carbocycles. The number of carbonyl (C=O) groups is 2. The van der Waals surface area contributed by atoms with Crippen molar-refractivity contribution in [2.45, 2.75) is 32.6 Å². The quantitative estimate of drug-likeness (QED) is 0.804. The molecule has 4 nitrogen and oxygen atoms in total. The summed E-state index contributed by atoms with van der Waals surface area (Å²) >= 11 is 5.89.